The summed E-state index contributed by atoms with van der Waals surface area (Å²) >= 11 is 0. The van der Waals surface area contributed by atoms with Crippen LogP contribution in [-0.4, -0.2) is 56.2 Å². The second-order valence-electron chi connectivity index (χ2n) is 7.75. The fraction of sp³-hybridized carbons (Fsp3) is 0.632. The number of rotatable bonds is 6. The molecule has 0 aromatic heterocycles. The van der Waals surface area contributed by atoms with Gasteiger partial charge in [-0.2, -0.15) is 17.5 Å². The Morgan fingerprint density at radius 1 is 1.24 bits per heavy atom. The van der Waals surface area contributed by atoms with E-state index in [0.29, 0.717) is 12.0 Å². The van der Waals surface area contributed by atoms with E-state index < -0.39 is 27.7 Å². The van der Waals surface area contributed by atoms with Crippen LogP contribution in [0, 0.1) is 5.92 Å². The summed E-state index contributed by atoms with van der Waals surface area (Å²) in [5.74, 6) is -1.25. The zero-order valence-electron chi connectivity index (χ0n) is 16.3. The topological polar surface area (TPSA) is 75.7 Å². The molecule has 4 unspecified atom stereocenters. The van der Waals surface area contributed by atoms with Gasteiger partial charge in [-0.25, -0.2) is 8.42 Å². The Bertz CT molecular complexity index is 849. The maximum atomic E-state index is 12.8. The highest BCUT2D eigenvalue weighted by Gasteiger charge is 2.44. The van der Waals surface area contributed by atoms with E-state index in [1.165, 1.54) is 10.4 Å². The maximum Gasteiger partial charge on any atom is 0.416 e. The minimum absolute atomic E-state index is 0.0346. The van der Waals surface area contributed by atoms with Crippen molar-refractivity contribution >= 4 is 15.9 Å². The lowest BCUT2D eigenvalue weighted by Gasteiger charge is -2.34. The van der Waals surface area contributed by atoms with Crippen molar-refractivity contribution in [1.29, 1.82) is 0 Å². The Morgan fingerprint density at radius 2 is 1.90 bits per heavy atom. The summed E-state index contributed by atoms with van der Waals surface area (Å²) in [7, 11) is -3.52. The highest BCUT2D eigenvalue weighted by Crippen LogP contribution is 2.48. The highest BCUT2D eigenvalue weighted by atomic mass is 32.2. The number of amides is 1. The van der Waals surface area contributed by atoms with Gasteiger partial charge in [0.2, 0.25) is 15.9 Å². The van der Waals surface area contributed by atoms with E-state index in [9.17, 15) is 26.4 Å². The van der Waals surface area contributed by atoms with Crippen LogP contribution < -0.4 is 5.32 Å². The fourth-order valence-electron chi connectivity index (χ4n) is 3.72. The molecule has 1 aliphatic carbocycles. The minimum Gasteiger partial charge on any atom is -0.373 e. The molecule has 29 heavy (non-hydrogen) atoms. The predicted molar refractivity (Wildman–Crippen MR) is 101 cm³/mol. The first-order valence-corrected chi connectivity index (χ1v) is 11.2. The number of hydrogen-bond acceptors (Lipinski definition) is 4. The molecule has 1 heterocycles. The van der Waals surface area contributed by atoms with Crippen molar-refractivity contribution in [3.8, 4) is 0 Å². The average Bonchev–Trinajstić information content (AvgIpc) is 3.41. The Hall–Kier alpha value is -1.65. The molecule has 162 valence electrons. The van der Waals surface area contributed by atoms with Crippen molar-refractivity contribution in [3.05, 3.63) is 35.4 Å². The van der Waals surface area contributed by atoms with Crippen LogP contribution in [0.15, 0.2) is 24.3 Å². The molecular formula is C19H25F3N2O4S. The van der Waals surface area contributed by atoms with Gasteiger partial charge >= 0.3 is 6.18 Å². The lowest BCUT2D eigenvalue weighted by atomic mass is 10.1. The molecule has 2 aliphatic rings. The predicted octanol–water partition coefficient (Wildman–Crippen LogP) is 2.36. The van der Waals surface area contributed by atoms with Crippen molar-refractivity contribution in [2.75, 3.05) is 25.4 Å². The zero-order valence-corrected chi connectivity index (χ0v) is 17.1. The lowest BCUT2D eigenvalue weighted by molar-refractivity contribution is -0.137. The van der Waals surface area contributed by atoms with E-state index in [-0.39, 0.29) is 49.4 Å². The van der Waals surface area contributed by atoms with Gasteiger partial charge in [-0.3, -0.25) is 4.79 Å². The molecule has 10 heteroatoms. The van der Waals surface area contributed by atoms with E-state index in [0.717, 1.165) is 12.1 Å². The Kier molecular flexibility index (Phi) is 6.26. The first-order chi connectivity index (χ1) is 13.5. The molecular weight excluding hydrogens is 409 g/mol. The van der Waals surface area contributed by atoms with Crippen molar-refractivity contribution in [1.82, 2.24) is 9.62 Å². The molecule has 1 saturated carbocycles. The van der Waals surface area contributed by atoms with Crippen LogP contribution in [0.25, 0.3) is 0 Å². The molecule has 0 bridgehead atoms. The lowest BCUT2D eigenvalue weighted by Crippen LogP contribution is -2.49. The number of carbonyl (C=O) groups excluding carboxylic acids is 1. The molecule has 1 amide bonds. The average molecular weight is 434 g/mol. The molecule has 0 radical (unpaired) electrons. The number of nitrogens with zero attached hydrogens (tertiary/aromatic N) is 1. The molecule has 1 aromatic rings. The number of carbonyl (C=O) groups is 1. The van der Waals surface area contributed by atoms with Gasteiger partial charge in [-0.05, 0) is 37.8 Å². The number of ether oxygens (including phenoxy) is 1. The molecule has 0 spiro atoms. The number of halogens is 3. The van der Waals surface area contributed by atoms with Crippen LogP contribution in [0.3, 0.4) is 0 Å². The summed E-state index contributed by atoms with van der Waals surface area (Å²) < 4.78 is 70.4. The minimum atomic E-state index is -4.43. The van der Waals surface area contributed by atoms with Crippen molar-refractivity contribution in [2.45, 2.75) is 44.6 Å². The van der Waals surface area contributed by atoms with Crippen molar-refractivity contribution < 1.29 is 31.1 Å². The first-order valence-electron chi connectivity index (χ1n) is 9.55. The van der Waals surface area contributed by atoms with Gasteiger partial charge in [0.05, 0.1) is 23.5 Å². The number of sulfonamides is 1. The number of nitrogens with one attached hydrogen (secondary N) is 1. The zero-order chi connectivity index (χ0) is 21.4. The molecule has 4 atom stereocenters. The van der Waals surface area contributed by atoms with Crippen LogP contribution in [0.5, 0.6) is 0 Å². The molecule has 1 aromatic carbocycles. The van der Waals surface area contributed by atoms with Gasteiger partial charge in [0.15, 0.2) is 0 Å². The second-order valence-corrected chi connectivity index (χ2v) is 9.84. The number of alkyl halides is 3. The third kappa shape index (κ3) is 5.49. The Labute approximate surface area is 168 Å². The molecule has 1 N–H and O–H groups in total. The number of morpholine rings is 1. The van der Waals surface area contributed by atoms with Gasteiger partial charge in [0.1, 0.15) is 0 Å². The summed E-state index contributed by atoms with van der Waals surface area (Å²) in [4.78, 5) is 12.3. The van der Waals surface area contributed by atoms with Crippen LogP contribution in [-0.2, 0) is 25.7 Å². The SMILES string of the molecule is CC1CN(S(=O)(=O)CCNC(=O)C2CC2c2cccc(C(F)(F)F)c2)CC(C)O1. The quantitative estimate of drug-likeness (QED) is 0.746. The first kappa shape index (κ1) is 22.0. The Morgan fingerprint density at radius 3 is 2.52 bits per heavy atom. The van der Waals surface area contributed by atoms with Crippen LogP contribution >= 0.6 is 0 Å². The molecule has 1 aliphatic heterocycles. The van der Waals surface area contributed by atoms with E-state index in [2.05, 4.69) is 5.32 Å². The third-order valence-corrected chi connectivity index (χ3v) is 7.01. The van der Waals surface area contributed by atoms with Gasteiger partial charge in [-0.15, -0.1) is 0 Å². The standard InChI is InChI=1S/C19H25F3N2O4S/c1-12-10-24(11-13(2)28-12)29(26,27)7-6-23-18(25)17-9-16(17)14-4-3-5-15(8-14)19(20,21)22/h3-5,8,12-13,16-17H,6-7,9-11H2,1-2H3,(H,23,25). The molecule has 6 nitrogen and oxygen atoms in total. The third-order valence-electron chi connectivity index (χ3n) is 5.21. The molecule has 1 saturated heterocycles. The van der Waals surface area contributed by atoms with Crippen molar-refractivity contribution in [3.63, 3.8) is 0 Å². The monoisotopic (exact) mass is 434 g/mol. The molecule has 2 fully saturated rings. The maximum absolute atomic E-state index is 12.8. The van der Waals surface area contributed by atoms with Gasteiger partial charge < -0.3 is 10.1 Å². The Balaban J connectivity index is 1.50. The van der Waals surface area contributed by atoms with Crippen LogP contribution in [0.4, 0.5) is 13.2 Å². The van der Waals surface area contributed by atoms with E-state index in [1.54, 1.807) is 19.9 Å². The van der Waals surface area contributed by atoms with Gasteiger partial charge in [0, 0.05) is 25.6 Å². The summed E-state index contributed by atoms with van der Waals surface area (Å²) in [5.41, 5.74) is -0.259. The summed E-state index contributed by atoms with van der Waals surface area (Å²) in [6, 6.07) is 4.99. The van der Waals surface area contributed by atoms with Crippen LogP contribution in [0.2, 0.25) is 0 Å². The molecule has 3 rings (SSSR count). The van der Waals surface area contributed by atoms with E-state index in [4.69, 9.17) is 4.74 Å². The summed E-state index contributed by atoms with van der Waals surface area (Å²) in [6.45, 7) is 4.14. The van der Waals surface area contributed by atoms with Gasteiger partial charge in [0.25, 0.3) is 0 Å². The normalized spacial score (nSPS) is 28.2. The second kappa shape index (κ2) is 8.23. The van der Waals surface area contributed by atoms with Crippen molar-refractivity contribution in [2.24, 2.45) is 5.92 Å². The summed E-state index contributed by atoms with van der Waals surface area (Å²) in [6.07, 6.45) is -4.35. The van der Waals surface area contributed by atoms with Gasteiger partial charge in [-0.1, -0.05) is 18.2 Å². The largest absolute Gasteiger partial charge is 0.416 e. The number of benzene rings is 1. The fourth-order valence-corrected chi connectivity index (χ4v) is 5.21. The summed E-state index contributed by atoms with van der Waals surface area (Å²) in [5, 5.41) is 2.61. The smallest absolute Gasteiger partial charge is 0.373 e. The van der Waals surface area contributed by atoms with Crippen LogP contribution in [0.1, 0.15) is 37.3 Å². The highest BCUT2D eigenvalue weighted by molar-refractivity contribution is 7.89. The number of hydrogen-bond donors (Lipinski definition) is 1. The van der Waals surface area contributed by atoms with E-state index >= 15 is 0 Å². The van der Waals surface area contributed by atoms with E-state index in [1.807, 2.05) is 0 Å².